The molecule has 0 heterocycles. The van der Waals surface area contributed by atoms with Gasteiger partial charge in [0.15, 0.2) is 0 Å². The van der Waals surface area contributed by atoms with Crippen LogP contribution in [0, 0.1) is 16.2 Å². The second-order valence-corrected chi connectivity index (χ2v) is 14.3. The zero-order valence-electron chi connectivity index (χ0n) is 34.1. The van der Waals surface area contributed by atoms with Crippen molar-refractivity contribution in [2.75, 3.05) is 0 Å². The summed E-state index contributed by atoms with van der Waals surface area (Å²) in [6.45, 7) is 0. The molecule has 6 unspecified atom stereocenters. The predicted octanol–water partition coefficient (Wildman–Crippen LogP) is -20.4. The first-order valence-electron chi connectivity index (χ1n) is 17.4. The molecule has 0 aromatic rings. The van der Waals surface area contributed by atoms with Gasteiger partial charge in [-0.25, -0.2) is 0 Å². The monoisotopic (exact) mass is 1130 g/mol. The van der Waals surface area contributed by atoms with Crippen LogP contribution in [0.4, 0.5) is 0 Å². The van der Waals surface area contributed by atoms with Gasteiger partial charge in [-0.3, -0.25) is 0 Å². The predicted molar refractivity (Wildman–Crippen MR) is 171 cm³/mol. The summed E-state index contributed by atoms with van der Waals surface area (Å²) in [6.07, 6.45) is -12.0. The minimum atomic E-state index is -2.09. The molecule has 0 aliphatic carbocycles. The number of rotatable bonds is 30. The van der Waals surface area contributed by atoms with E-state index in [2.05, 4.69) is 0 Å². The van der Waals surface area contributed by atoms with Crippen LogP contribution in [0.5, 0.6) is 0 Å². The van der Waals surface area contributed by atoms with Crippen LogP contribution in [0.3, 0.4) is 0 Å². The van der Waals surface area contributed by atoms with Gasteiger partial charge in [-0.1, -0.05) is 0 Å². The number of carboxylic acids is 12. The fraction of sp³-hybridized carbons (Fsp3) is 0.636. The molecule has 12 N–H and O–H groups in total. The van der Waals surface area contributed by atoms with Crippen molar-refractivity contribution in [3.63, 3.8) is 0 Å². The Labute approximate surface area is 420 Å². The number of hydrogen-bond donors (Lipinski definition) is 6. The van der Waals surface area contributed by atoms with E-state index in [1.807, 2.05) is 0 Å². The van der Waals surface area contributed by atoms with Gasteiger partial charge in [-0.05, 0) is 57.8 Å². The number of carboxylic acid groups (broad SMARTS) is 12. The quantitative estimate of drug-likeness (QED) is 0.0364. The third-order valence-corrected chi connectivity index (χ3v) is 9.18. The second kappa shape index (κ2) is 35.6. The Morgan fingerprint density at radius 2 is 0.358 bits per heavy atom. The average Bonchev–Trinajstić information content (AvgIpc) is 3.03. The maximum atomic E-state index is 10.8. The summed E-state index contributed by atoms with van der Waals surface area (Å²) in [4.78, 5) is 128. The molecule has 4 radical (unpaired) electrons. The maximum absolute atomic E-state index is 10.8. The van der Waals surface area contributed by atoms with Crippen LogP contribution in [-0.4, -0.2) is 108 Å². The van der Waals surface area contributed by atoms with Crippen molar-refractivity contribution in [1.29, 1.82) is 0 Å². The zero-order valence-corrected chi connectivity index (χ0v) is 38.5. The number of hydrogen-bond acceptors (Lipinski definition) is 30. The van der Waals surface area contributed by atoms with E-state index >= 15 is 0 Å². The first kappa shape index (κ1) is 76.7. The third-order valence-electron chi connectivity index (χ3n) is 9.18. The summed E-state index contributed by atoms with van der Waals surface area (Å²) in [5.41, 5.74) is 26.9. The van der Waals surface area contributed by atoms with Gasteiger partial charge in [0.25, 0.3) is 0 Å². The molecule has 0 aromatic carbocycles. The summed E-state index contributed by atoms with van der Waals surface area (Å²) in [5, 5.41) is 128. The summed E-state index contributed by atoms with van der Waals surface area (Å²) < 4.78 is 0. The van der Waals surface area contributed by atoms with Crippen molar-refractivity contribution in [1.82, 2.24) is 0 Å². The van der Waals surface area contributed by atoms with E-state index in [0.29, 0.717) is 0 Å². The summed E-state index contributed by atoms with van der Waals surface area (Å²) in [6, 6.07) is -9.01. The van der Waals surface area contributed by atoms with Gasteiger partial charge in [-0.2, -0.15) is 0 Å². The summed E-state index contributed by atoms with van der Waals surface area (Å²) >= 11 is 0. The number of carbonyl (C=O) groups excluding carboxylic acids is 12. The van der Waals surface area contributed by atoms with Crippen molar-refractivity contribution < 1.29 is 187 Å². The van der Waals surface area contributed by atoms with E-state index in [4.69, 9.17) is 34.4 Å². The molecular formula is C33H42Fe4N6O24. The number of carbonyl (C=O) groups is 12. The molecule has 0 aliphatic heterocycles. The minimum Gasteiger partial charge on any atom is -0.550 e. The molecule has 30 nitrogen and oxygen atoms in total. The van der Waals surface area contributed by atoms with Crippen LogP contribution in [0.25, 0.3) is 0 Å². The molecule has 67 heavy (non-hydrogen) atoms. The van der Waals surface area contributed by atoms with Crippen molar-refractivity contribution in [2.45, 2.75) is 113 Å². The van der Waals surface area contributed by atoms with Crippen LogP contribution < -0.4 is 95.7 Å². The van der Waals surface area contributed by atoms with Crippen LogP contribution in [0.1, 0.15) is 77.0 Å². The van der Waals surface area contributed by atoms with Gasteiger partial charge in [-0.15, -0.1) is 0 Å². The van der Waals surface area contributed by atoms with Crippen LogP contribution in [-0.2, 0) is 126 Å². The Morgan fingerprint density at radius 1 is 0.254 bits per heavy atom. The van der Waals surface area contributed by atoms with Gasteiger partial charge in [0, 0.05) is 143 Å². The largest absolute Gasteiger partial charge is 3.00 e. The van der Waals surface area contributed by atoms with E-state index in [0.717, 1.165) is 0 Å². The fourth-order valence-electron chi connectivity index (χ4n) is 6.53. The molecule has 6 atom stereocenters. The molecule has 0 amide bonds. The standard InChI is InChI=1S/3C11H18N2O8.4Fe/c3*12-5(1-6(14)15)10(13)11(2-7(16)17,3-8(18)19)4-9(20)21;;;;/h3*5,10H,1-4,12-13H2,(H,14,15)(H,16,17)(H,18,19)(H,20,21);;;;/q;;;4*+3/p-12. The first-order valence-corrected chi connectivity index (χ1v) is 17.4. The molecule has 0 rings (SSSR count). The number of aliphatic carboxylic acids is 12. The second-order valence-electron chi connectivity index (χ2n) is 14.3. The molecule has 0 fully saturated rings. The minimum absolute atomic E-state index is 0. The summed E-state index contributed by atoms with van der Waals surface area (Å²) in [7, 11) is 0. The summed E-state index contributed by atoms with van der Waals surface area (Å²) in [5.74, 6) is -20.8. The van der Waals surface area contributed by atoms with Crippen molar-refractivity contribution >= 4 is 71.6 Å². The van der Waals surface area contributed by atoms with E-state index in [1.54, 1.807) is 0 Å². The molecule has 0 saturated heterocycles. The Morgan fingerprint density at radius 3 is 0.433 bits per heavy atom. The van der Waals surface area contributed by atoms with E-state index < -0.39 is 201 Å². The van der Waals surface area contributed by atoms with Crippen molar-refractivity contribution in [3.8, 4) is 0 Å². The van der Waals surface area contributed by atoms with Gasteiger partial charge in [0.05, 0.1) is 0 Å². The Bertz CT molecular complexity index is 1400. The molecule has 34 heteroatoms. The first-order chi connectivity index (χ1) is 28.5. The molecule has 0 aliphatic rings. The average molecular weight is 1130 g/mol. The third kappa shape index (κ3) is 32.0. The van der Waals surface area contributed by atoms with E-state index in [-0.39, 0.29) is 68.3 Å². The van der Waals surface area contributed by atoms with Gasteiger partial charge >= 0.3 is 68.3 Å². The Hall–Kier alpha value is -4.52. The number of nitrogens with two attached hydrogens (primary N) is 6. The molecule has 0 bridgehead atoms. The molecule has 0 saturated carbocycles. The van der Waals surface area contributed by atoms with E-state index in [1.165, 1.54) is 0 Å². The van der Waals surface area contributed by atoms with Crippen LogP contribution in [0.2, 0.25) is 0 Å². The molecule has 0 spiro atoms. The SMILES string of the molecule is NC(CC(=O)[O-])C(N)C(CC(=O)[O-])(CC(=O)[O-])CC(=O)[O-].NC(CC(=O)[O-])C(N)C(CC(=O)[O-])(CC(=O)[O-])CC(=O)[O-].NC(CC(=O)[O-])C(N)C(CC(=O)[O-])(CC(=O)[O-])CC(=O)[O-].[Fe+3].[Fe+3].[Fe+3].[Fe+3]. The zero-order chi connectivity index (χ0) is 50.4. The van der Waals surface area contributed by atoms with Gasteiger partial charge < -0.3 is 153 Å². The maximum Gasteiger partial charge on any atom is 3.00 e. The van der Waals surface area contributed by atoms with Crippen LogP contribution in [0.15, 0.2) is 0 Å². The molecule has 0 aromatic heterocycles. The molecular weight excluding hydrogens is 1090 g/mol. The molecule has 380 valence electrons. The Balaban J connectivity index is -0.000000157. The van der Waals surface area contributed by atoms with Crippen LogP contribution >= 0.6 is 0 Å². The van der Waals surface area contributed by atoms with Crippen molar-refractivity contribution in [3.05, 3.63) is 0 Å². The van der Waals surface area contributed by atoms with Crippen molar-refractivity contribution in [2.24, 2.45) is 50.6 Å². The smallest absolute Gasteiger partial charge is 0.550 e. The topological polar surface area (TPSA) is 638 Å². The Kier molecular flexibility index (Phi) is 40.8. The van der Waals surface area contributed by atoms with Gasteiger partial charge in [0.1, 0.15) is 0 Å². The fourth-order valence-corrected chi connectivity index (χ4v) is 6.53. The normalized spacial score (nSPS) is 13.3. The van der Waals surface area contributed by atoms with Gasteiger partial charge in [0.2, 0.25) is 0 Å². The van der Waals surface area contributed by atoms with E-state index in [9.17, 15) is 119 Å².